The summed E-state index contributed by atoms with van der Waals surface area (Å²) in [7, 11) is -3.22. The van der Waals surface area contributed by atoms with Gasteiger partial charge in [-0.1, -0.05) is 25.1 Å². The fraction of sp³-hybridized carbons (Fsp3) is 0.211. The van der Waals surface area contributed by atoms with Crippen LogP contribution in [0.15, 0.2) is 59.6 Å². The molecule has 0 aliphatic heterocycles. The molecule has 0 spiro atoms. The Hall–Kier alpha value is -2.60. The second-order valence-corrected chi connectivity index (χ2v) is 8.11. The van der Waals surface area contributed by atoms with Crippen molar-refractivity contribution in [3.05, 3.63) is 60.3 Å². The molecule has 0 atom stereocenters. The number of aromatic amines is 1. The van der Waals surface area contributed by atoms with E-state index in [2.05, 4.69) is 10.3 Å². The van der Waals surface area contributed by atoms with E-state index < -0.39 is 9.84 Å². The number of aryl methyl sites for hydroxylation is 1. The number of carbonyl (C=O) groups is 1. The first kappa shape index (κ1) is 17.2. The molecule has 0 fully saturated rings. The van der Waals surface area contributed by atoms with Crippen LogP contribution in [0.3, 0.4) is 0 Å². The second kappa shape index (κ2) is 7.11. The predicted octanol–water partition coefficient (Wildman–Crippen LogP) is 3.53. The molecular weight excluding hydrogens is 336 g/mol. The Balaban J connectivity index is 1.61. The lowest BCUT2D eigenvalue weighted by atomic mass is 10.1. The number of aromatic nitrogens is 1. The maximum Gasteiger partial charge on any atom is 0.224 e. The van der Waals surface area contributed by atoms with Crippen LogP contribution in [0.4, 0.5) is 5.69 Å². The topological polar surface area (TPSA) is 79.0 Å². The van der Waals surface area contributed by atoms with Crippen LogP contribution in [-0.4, -0.2) is 25.1 Å². The number of carbonyl (C=O) groups excluding carboxylic acids is 1. The van der Waals surface area contributed by atoms with Gasteiger partial charge in [0.2, 0.25) is 5.91 Å². The van der Waals surface area contributed by atoms with Crippen LogP contribution in [-0.2, 0) is 21.1 Å². The van der Waals surface area contributed by atoms with E-state index in [0.29, 0.717) is 18.5 Å². The molecule has 0 saturated carbocycles. The van der Waals surface area contributed by atoms with E-state index in [1.807, 2.05) is 30.5 Å². The summed E-state index contributed by atoms with van der Waals surface area (Å²) < 4.78 is 23.6. The average Bonchev–Trinajstić information content (AvgIpc) is 3.04. The Labute approximate surface area is 147 Å². The van der Waals surface area contributed by atoms with E-state index >= 15 is 0 Å². The van der Waals surface area contributed by atoms with Gasteiger partial charge in [-0.25, -0.2) is 8.42 Å². The molecule has 0 radical (unpaired) electrons. The van der Waals surface area contributed by atoms with Crippen LogP contribution >= 0.6 is 0 Å². The van der Waals surface area contributed by atoms with Gasteiger partial charge in [0.25, 0.3) is 0 Å². The van der Waals surface area contributed by atoms with Crippen molar-refractivity contribution in [2.45, 2.75) is 24.7 Å². The molecule has 0 aliphatic rings. The highest BCUT2D eigenvalue weighted by molar-refractivity contribution is 7.91. The summed E-state index contributed by atoms with van der Waals surface area (Å²) in [5, 5.41) is 3.93. The standard InChI is InChI=1S/C19H20N2O3S/c1-2-25(23,24)16-10-8-15(9-11-16)21-19(22)12-7-14-13-20-18-6-4-3-5-17(14)18/h3-6,8-11,13,20H,2,7,12H2,1H3,(H,21,22). The zero-order valence-corrected chi connectivity index (χ0v) is 14.8. The fourth-order valence-electron chi connectivity index (χ4n) is 2.72. The number of fused-ring (bicyclic) bond motifs is 1. The lowest BCUT2D eigenvalue weighted by Crippen LogP contribution is -2.12. The summed E-state index contributed by atoms with van der Waals surface area (Å²) in [4.78, 5) is 15.6. The van der Waals surface area contributed by atoms with Gasteiger partial charge in [-0.05, 0) is 42.3 Å². The van der Waals surface area contributed by atoms with E-state index in [-0.39, 0.29) is 16.6 Å². The highest BCUT2D eigenvalue weighted by Crippen LogP contribution is 2.20. The normalized spacial score (nSPS) is 11.6. The van der Waals surface area contributed by atoms with Crippen molar-refractivity contribution >= 4 is 32.3 Å². The second-order valence-electron chi connectivity index (χ2n) is 5.84. The van der Waals surface area contributed by atoms with Gasteiger partial charge in [-0.15, -0.1) is 0 Å². The van der Waals surface area contributed by atoms with Crippen molar-refractivity contribution in [3.8, 4) is 0 Å². The Morgan fingerprint density at radius 1 is 1.08 bits per heavy atom. The Morgan fingerprint density at radius 2 is 1.80 bits per heavy atom. The van der Waals surface area contributed by atoms with E-state index in [9.17, 15) is 13.2 Å². The van der Waals surface area contributed by atoms with Gasteiger partial charge >= 0.3 is 0 Å². The molecule has 0 saturated heterocycles. The third kappa shape index (κ3) is 3.91. The number of hydrogen-bond acceptors (Lipinski definition) is 3. The largest absolute Gasteiger partial charge is 0.361 e. The first-order valence-corrected chi connectivity index (χ1v) is 9.82. The molecule has 5 nitrogen and oxygen atoms in total. The average molecular weight is 356 g/mol. The van der Waals surface area contributed by atoms with Gasteiger partial charge in [0.1, 0.15) is 0 Å². The van der Waals surface area contributed by atoms with Crippen LogP contribution in [0.5, 0.6) is 0 Å². The highest BCUT2D eigenvalue weighted by Gasteiger charge is 2.11. The van der Waals surface area contributed by atoms with Crippen LogP contribution in [0.2, 0.25) is 0 Å². The summed E-state index contributed by atoms with van der Waals surface area (Å²) in [6, 6.07) is 14.3. The predicted molar refractivity (Wildman–Crippen MR) is 99.4 cm³/mol. The molecule has 1 heterocycles. The number of rotatable bonds is 6. The quantitative estimate of drug-likeness (QED) is 0.709. The Morgan fingerprint density at radius 3 is 2.52 bits per heavy atom. The van der Waals surface area contributed by atoms with Crippen LogP contribution in [0.1, 0.15) is 18.9 Å². The molecule has 1 amide bonds. The van der Waals surface area contributed by atoms with Crippen molar-refractivity contribution in [1.29, 1.82) is 0 Å². The fourth-order valence-corrected chi connectivity index (χ4v) is 3.61. The van der Waals surface area contributed by atoms with Gasteiger partial charge in [-0.2, -0.15) is 0 Å². The van der Waals surface area contributed by atoms with E-state index in [4.69, 9.17) is 0 Å². The minimum absolute atomic E-state index is 0.0589. The third-order valence-corrected chi connectivity index (χ3v) is 5.92. The number of sulfone groups is 1. The maximum absolute atomic E-state index is 12.1. The Kier molecular flexibility index (Phi) is 4.90. The van der Waals surface area contributed by atoms with Crippen molar-refractivity contribution in [1.82, 2.24) is 4.98 Å². The Bertz CT molecular complexity index is 989. The van der Waals surface area contributed by atoms with Gasteiger partial charge < -0.3 is 10.3 Å². The molecule has 3 aromatic rings. The number of benzene rings is 2. The summed E-state index contributed by atoms with van der Waals surface area (Å²) in [5.41, 5.74) is 2.76. The van der Waals surface area contributed by atoms with Crippen molar-refractivity contribution in [2.75, 3.05) is 11.1 Å². The number of amides is 1. The summed E-state index contributed by atoms with van der Waals surface area (Å²) in [6.45, 7) is 1.61. The van der Waals surface area contributed by atoms with Gasteiger partial charge in [0.05, 0.1) is 10.6 Å². The molecule has 6 heteroatoms. The smallest absolute Gasteiger partial charge is 0.224 e. The first-order valence-electron chi connectivity index (χ1n) is 8.17. The van der Waals surface area contributed by atoms with Gasteiger partial charge in [-0.3, -0.25) is 4.79 Å². The number of para-hydroxylation sites is 1. The van der Waals surface area contributed by atoms with Crippen molar-refractivity contribution in [2.24, 2.45) is 0 Å². The maximum atomic E-state index is 12.1. The molecule has 3 rings (SSSR count). The van der Waals surface area contributed by atoms with Gasteiger partial charge in [0.15, 0.2) is 9.84 Å². The zero-order valence-electron chi connectivity index (χ0n) is 14.0. The van der Waals surface area contributed by atoms with Crippen molar-refractivity contribution in [3.63, 3.8) is 0 Å². The highest BCUT2D eigenvalue weighted by atomic mass is 32.2. The monoisotopic (exact) mass is 356 g/mol. The molecule has 0 unspecified atom stereocenters. The number of anilines is 1. The van der Waals surface area contributed by atoms with Crippen LogP contribution in [0, 0.1) is 0 Å². The van der Waals surface area contributed by atoms with E-state index in [0.717, 1.165) is 16.5 Å². The first-order chi connectivity index (χ1) is 12.0. The molecule has 2 aromatic carbocycles. The SMILES string of the molecule is CCS(=O)(=O)c1ccc(NC(=O)CCc2c[nH]c3ccccc23)cc1. The third-order valence-electron chi connectivity index (χ3n) is 4.17. The van der Waals surface area contributed by atoms with E-state index in [1.54, 1.807) is 19.1 Å². The molecule has 1 aromatic heterocycles. The lowest BCUT2D eigenvalue weighted by molar-refractivity contribution is -0.116. The molecule has 2 N–H and O–H groups in total. The van der Waals surface area contributed by atoms with Gasteiger partial charge in [0, 0.05) is 29.2 Å². The summed E-state index contributed by atoms with van der Waals surface area (Å²) in [5.74, 6) is -0.0417. The van der Waals surface area contributed by atoms with E-state index in [1.165, 1.54) is 12.1 Å². The zero-order chi connectivity index (χ0) is 17.9. The summed E-state index contributed by atoms with van der Waals surface area (Å²) >= 11 is 0. The van der Waals surface area contributed by atoms with Crippen LogP contribution in [0.25, 0.3) is 10.9 Å². The molecule has 0 bridgehead atoms. The van der Waals surface area contributed by atoms with Crippen molar-refractivity contribution < 1.29 is 13.2 Å². The molecular formula is C19H20N2O3S. The summed E-state index contributed by atoms with van der Waals surface area (Å²) in [6.07, 6.45) is 2.93. The lowest BCUT2D eigenvalue weighted by Gasteiger charge is -2.06. The minimum Gasteiger partial charge on any atom is -0.361 e. The number of nitrogens with one attached hydrogen (secondary N) is 2. The van der Waals surface area contributed by atoms with Crippen LogP contribution < -0.4 is 5.32 Å². The molecule has 130 valence electrons. The minimum atomic E-state index is -3.22. The number of H-pyrrole nitrogens is 1. The number of hydrogen-bond donors (Lipinski definition) is 2. The molecule has 0 aliphatic carbocycles. The molecule has 25 heavy (non-hydrogen) atoms.